The van der Waals surface area contributed by atoms with Gasteiger partial charge in [-0.2, -0.15) is 18.3 Å². The number of aromatic nitrogens is 2. The van der Waals surface area contributed by atoms with Crippen molar-refractivity contribution in [3.05, 3.63) is 78.6 Å². The number of hydrogen-bond donors (Lipinski definition) is 2. The molecule has 182 valence electrons. The van der Waals surface area contributed by atoms with Gasteiger partial charge in [0.25, 0.3) is 0 Å². The second-order valence-corrected chi connectivity index (χ2v) is 7.83. The highest BCUT2D eigenvalue weighted by Gasteiger charge is 2.40. The van der Waals surface area contributed by atoms with E-state index in [4.69, 9.17) is 9.47 Å². The highest BCUT2D eigenvalue weighted by molar-refractivity contribution is 5.93. The molecule has 0 spiro atoms. The first-order valence-electron chi connectivity index (χ1n) is 10.7. The summed E-state index contributed by atoms with van der Waals surface area (Å²) in [6.45, 7) is 1.28. The summed E-state index contributed by atoms with van der Waals surface area (Å²) < 4.78 is 63.4. The van der Waals surface area contributed by atoms with Crippen molar-refractivity contribution in [2.75, 3.05) is 6.61 Å². The summed E-state index contributed by atoms with van der Waals surface area (Å²) in [6.07, 6.45) is -5.99. The number of H-pyrrole nitrogens is 1. The van der Waals surface area contributed by atoms with E-state index in [2.05, 4.69) is 10.2 Å². The summed E-state index contributed by atoms with van der Waals surface area (Å²) in [6, 6.07) is 18.5. The van der Waals surface area contributed by atoms with Gasteiger partial charge in [0.15, 0.2) is 6.10 Å². The van der Waals surface area contributed by atoms with Crippen LogP contribution in [0.15, 0.2) is 72.8 Å². The third-order valence-corrected chi connectivity index (χ3v) is 5.27. The van der Waals surface area contributed by atoms with Crippen molar-refractivity contribution in [1.82, 2.24) is 15.5 Å². The van der Waals surface area contributed by atoms with E-state index in [1.807, 2.05) is 5.32 Å². The van der Waals surface area contributed by atoms with E-state index in [-0.39, 0.29) is 12.4 Å². The fraction of sp³-hybridized carbons (Fsp3) is 0.200. The standard InChI is InChI=1S/C25H21F4N3O3/c1-15(30-24(33)25(27,28)29)22(14-34-18-5-3-2-4-6-18)35-19-11-12-21-20(13-19)23(32-31-21)16-7-9-17(26)10-8-16/h2-13,15,22H,14H2,1H3,(H,30,33)(H,31,32)/t15-,22+/m0/s1. The highest BCUT2D eigenvalue weighted by Crippen LogP contribution is 2.30. The lowest BCUT2D eigenvalue weighted by Crippen LogP contribution is -2.50. The van der Waals surface area contributed by atoms with Gasteiger partial charge in [-0.1, -0.05) is 18.2 Å². The van der Waals surface area contributed by atoms with Crippen LogP contribution in [0, 0.1) is 5.82 Å². The number of rotatable bonds is 8. The van der Waals surface area contributed by atoms with E-state index < -0.39 is 24.2 Å². The fourth-order valence-corrected chi connectivity index (χ4v) is 3.43. The van der Waals surface area contributed by atoms with Crippen LogP contribution < -0.4 is 14.8 Å². The SMILES string of the molecule is C[C@H](NC(=O)C(F)(F)F)[C@@H](COc1ccccc1)Oc1ccc2[nH]nc(-c3ccc(F)cc3)c2c1. The second kappa shape index (κ2) is 10.0. The van der Waals surface area contributed by atoms with E-state index >= 15 is 0 Å². The minimum atomic E-state index is -5.03. The number of alkyl halides is 3. The number of hydrogen-bond acceptors (Lipinski definition) is 4. The van der Waals surface area contributed by atoms with Crippen molar-refractivity contribution in [3.8, 4) is 22.8 Å². The Morgan fingerprint density at radius 2 is 1.74 bits per heavy atom. The van der Waals surface area contributed by atoms with Crippen LogP contribution in [0.1, 0.15) is 6.92 Å². The molecule has 6 nitrogen and oxygen atoms in total. The van der Waals surface area contributed by atoms with Gasteiger partial charge in [0.1, 0.15) is 29.6 Å². The Labute approximate surface area is 197 Å². The summed E-state index contributed by atoms with van der Waals surface area (Å²) in [5.74, 6) is -1.62. The molecule has 0 bridgehead atoms. The fourth-order valence-electron chi connectivity index (χ4n) is 3.43. The molecule has 0 fully saturated rings. The van der Waals surface area contributed by atoms with Crippen LogP contribution in [0.3, 0.4) is 0 Å². The van der Waals surface area contributed by atoms with Crippen molar-refractivity contribution in [3.63, 3.8) is 0 Å². The maximum Gasteiger partial charge on any atom is 0.471 e. The van der Waals surface area contributed by atoms with Crippen LogP contribution in [0.5, 0.6) is 11.5 Å². The molecule has 2 atom stereocenters. The van der Waals surface area contributed by atoms with Gasteiger partial charge in [0, 0.05) is 10.9 Å². The van der Waals surface area contributed by atoms with E-state index in [9.17, 15) is 22.4 Å². The van der Waals surface area contributed by atoms with E-state index in [1.165, 1.54) is 19.1 Å². The number of benzene rings is 3. The van der Waals surface area contributed by atoms with Crippen LogP contribution in [-0.2, 0) is 4.79 Å². The number of nitrogens with one attached hydrogen (secondary N) is 2. The zero-order valence-corrected chi connectivity index (χ0v) is 18.5. The van der Waals surface area contributed by atoms with Crippen LogP contribution in [0.25, 0.3) is 22.2 Å². The molecule has 4 aromatic rings. The lowest BCUT2D eigenvalue weighted by atomic mass is 10.1. The predicted octanol–water partition coefficient (Wildman–Crippen LogP) is 5.26. The first kappa shape index (κ1) is 24.1. The molecule has 1 aromatic heterocycles. The molecule has 0 aliphatic heterocycles. The van der Waals surface area contributed by atoms with Crippen LogP contribution in [0.2, 0.25) is 0 Å². The number of amides is 1. The summed E-state index contributed by atoms with van der Waals surface area (Å²) in [5.41, 5.74) is 1.91. The number of carbonyl (C=O) groups excluding carboxylic acids is 1. The molecule has 0 saturated carbocycles. The minimum Gasteiger partial charge on any atom is -0.490 e. The van der Waals surface area contributed by atoms with Crippen molar-refractivity contribution in [2.24, 2.45) is 0 Å². The normalized spacial score (nSPS) is 13.3. The van der Waals surface area contributed by atoms with Crippen LogP contribution in [-0.4, -0.2) is 41.0 Å². The molecule has 3 aromatic carbocycles. The smallest absolute Gasteiger partial charge is 0.471 e. The monoisotopic (exact) mass is 487 g/mol. The number of carbonyl (C=O) groups is 1. The first-order chi connectivity index (χ1) is 16.7. The molecular weight excluding hydrogens is 466 g/mol. The minimum absolute atomic E-state index is 0.127. The van der Waals surface area contributed by atoms with Gasteiger partial charge in [0.05, 0.1) is 11.6 Å². The van der Waals surface area contributed by atoms with Crippen molar-refractivity contribution in [2.45, 2.75) is 25.2 Å². The van der Waals surface area contributed by atoms with E-state index in [0.29, 0.717) is 33.7 Å². The maximum absolute atomic E-state index is 13.3. The van der Waals surface area contributed by atoms with Gasteiger partial charge in [-0.3, -0.25) is 9.89 Å². The van der Waals surface area contributed by atoms with Crippen LogP contribution in [0.4, 0.5) is 17.6 Å². The molecule has 0 radical (unpaired) electrons. The summed E-state index contributed by atoms with van der Waals surface area (Å²) >= 11 is 0. The number of fused-ring (bicyclic) bond motifs is 1. The Kier molecular flexibility index (Phi) is 6.90. The Morgan fingerprint density at radius 3 is 2.43 bits per heavy atom. The van der Waals surface area contributed by atoms with E-state index in [0.717, 1.165) is 0 Å². The number of ether oxygens (including phenoxy) is 2. The largest absolute Gasteiger partial charge is 0.490 e. The molecule has 1 heterocycles. The molecule has 0 unspecified atom stereocenters. The van der Waals surface area contributed by atoms with Crippen LogP contribution >= 0.6 is 0 Å². The third-order valence-electron chi connectivity index (χ3n) is 5.27. The van der Waals surface area contributed by atoms with Crippen molar-refractivity contribution >= 4 is 16.8 Å². The average Bonchev–Trinajstić information content (AvgIpc) is 3.25. The molecule has 2 N–H and O–H groups in total. The zero-order valence-electron chi connectivity index (χ0n) is 18.5. The number of para-hydroxylation sites is 1. The molecule has 1 amide bonds. The second-order valence-electron chi connectivity index (χ2n) is 7.83. The molecule has 4 rings (SSSR count). The molecule has 0 aliphatic rings. The molecule has 10 heteroatoms. The predicted molar refractivity (Wildman–Crippen MR) is 122 cm³/mol. The highest BCUT2D eigenvalue weighted by atomic mass is 19.4. The van der Waals surface area contributed by atoms with Crippen molar-refractivity contribution < 1.29 is 31.8 Å². The first-order valence-corrected chi connectivity index (χ1v) is 10.7. The number of nitrogens with zero attached hydrogens (tertiary/aromatic N) is 1. The molecule has 0 saturated heterocycles. The zero-order chi connectivity index (χ0) is 25.0. The van der Waals surface area contributed by atoms with Gasteiger partial charge in [-0.05, 0) is 61.5 Å². The third kappa shape index (κ3) is 5.89. The number of halogens is 4. The topological polar surface area (TPSA) is 76.2 Å². The van der Waals surface area contributed by atoms with Gasteiger partial charge < -0.3 is 14.8 Å². The van der Waals surface area contributed by atoms with E-state index in [1.54, 1.807) is 60.7 Å². The average molecular weight is 487 g/mol. The lowest BCUT2D eigenvalue weighted by molar-refractivity contribution is -0.175. The van der Waals surface area contributed by atoms with Gasteiger partial charge in [0.2, 0.25) is 0 Å². The van der Waals surface area contributed by atoms with Gasteiger partial charge >= 0.3 is 12.1 Å². The lowest BCUT2D eigenvalue weighted by Gasteiger charge is -2.26. The molecule has 35 heavy (non-hydrogen) atoms. The summed E-state index contributed by atoms with van der Waals surface area (Å²) in [7, 11) is 0. The molecular formula is C25H21F4N3O3. The van der Waals surface area contributed by atoms with Crippen molar-refractivity contribution in [1.29, 1.82) is 0 Å². The Hall–Kier alpha value is -4.08. The summed E-state index contributed by atoms with van der Waals surface area (Å²) in [5, 5.41) is 9.77. The van der Waals surface area contributed by atoms with Gasteiger partial charge in [-0.25, -0.2) is 4.39 Å². The Bertz CT molecular complexity index is 1290. The Balaban J connectivity index is 1.59. The maximum atomic E-state index is 13.3. The van der Waals surface area contributed by atoms with Gasteiger partial charge in [-0.15, -0.1) is 0 Å². The number of aromatic amines is 1. The quantitative estimate of drug-likeness (QED) is 0.333. The Morgan fingerprint density at radius 1 is 1.03 bits per heavy atom. The summed E-state index contributed by atoms with van der Waals surface area (Å²) in [4.78, 5) is 11.5. The molecule has 0 aliphatic carbocycles.